The van der Waals surface area contributed by atoms with Crippen LogP contribution < -0.4 is 15.4 Å². The number of carbonyl (C=O) groups excluding carboxylic acids is 1. The minimum absolute atomic E-state index is 0.133. The molecule has 0 radical (unpaired) electrons. The predicted octanol–water partition coefficient (Wildman–Crippen LogP) is 3.26. The zero-order valence-corrected chi connectivity index (χ0v) is 15.2. The summed E-state index contributed by atoms with van der Waals surface area (Å²) >= 11 is 1.18. The van der Waals surface area contributed by atoms with Gasteiger partial charge in [-0.25, -0.2) is 15.0 Å². The first-order chi connectivity index (χ1) is 12.5. The molecule has 0 aliphatic carbocycles. The number of aryl methyl sites for hydroxylation is 1. The normalized spacial score (nSPS) is 10.4. The quantitative estimate of drug-likeness (QED) is 0.631. The van der Waals surface area contributed by atoms with Crippen molar-refractivity contribution in [2.75, 3.05) is 17.7 Å². The van der Waals surface area contributed by atoms with Crippen LogP contribution in [0.2, 0.25) is 0 Å². The van der Waals surface area contributed by atoms with E-state index in [4.69, 9.17) is 4.74 Å². The van der Waals surface area contributed by atoms with Gasteiger partial charge in [0.25, 0.3) is 5.91 Å². The number of thiazole rings is 1. The highest BCUT2D eigenvalue weighted by molar-refractivity contribution is 7.17. The van der Waals surface area contributed by atoms with E-state index in [0.717, 1.165) is 5.56 Å². The number of carbonyl (C=O) groups is 1. The molecule has 0 fully saturated rings. The van der Waals surface area contributed by atoms with Crippen molar-refractivity contribution in [2.45, 2.75) is 13.8 Å². The Balaban J connectivity index is 1.78. The second-order valence-electron chi connectivity index (χ2n) is 5.45. The highest BCUT2D eigenvalue weighted by Gasteiger charge is 2.15. The maximum atomic E-state index is 12.5. The lowest BCUT2D eigenvalue weighted by molar-refractivity contribution is 0.103. The molecule has 0 unspecified atom stereocenters. The van der Waals surface area contributed by atoms with Crippen LogP contribution in [-0.4, -0.2) is 33.1 Å². The van der Waals surface area contributed by atoms with Crippen LogP contribution in [0.5, 0.6) is 11.5 Å². The number of hydrogen-bond acceptors (Lipinski definition) is 8. The second-order valence-corrected chi connectivity index (χ2v) is 6.48. The summed E-state index contributed by atoms with van der Waals surface area (Å²) in [5.41, 5.74) is 2.07. The standard InChI is InChI=1S/C17H17N5O3S/c1-9-4-5-11(23)10(2)14(9)21-16(24)13-7-19-17(26-13)22-15-12(25-3)6-18-8-20-15/h4-8,23H,1-3H3,(H,21,24)(H,18,19,20,22). The van der Waals surface area contributed by atoms with Crippen molar-refractivity contribution >= 4 is 33.9 Å². The van der Waals surface area contributed by atoms with Gasteiger partial charge in [0.05, 0.1) is 25.2 Å². The Hall–Kier alpha value is -3.20. The van der Waals surface area contributed by atoms with Crippen LogP contribution in [0.4, 0.5) is 16.6 Å². The molecule has 0 saturated carbocycles. The molecule has 134 valence electrons. The van der Waals surface area contributed by atoms with Crippen molar-refractivity contribution in [1.82, 2.24) is 15.0 Å². The largest absolute Gasteiger partial charge is 0.508 e. The first kappa shape index (κ1) is 17.6. The van der Waals surface area contributed by atoms with E-state index in [-0.39, 0.29) is 11.7 Å². The van der Waals surface area contributed by atoms with E-state index in [0.29, 0.717) is 32.8 Å². The molecular formula is C17H17N5O3S. The van der Waals surface area contributed by atoms with E-state index >= 15 is 0 Å². The third-order valence-electron chi connectivity index (χ3n) is 3.74. The molecule has 1 aromatic carbocycles. The van der Waals surface area contributed by atoms with Crippen LogP contribution in [-0.2, 0) is 0 Å². The van der Waals surface area contributed by atoms with Gasteiger partial charge in [0.1, 0.15) is 17.0 Å². The summed E-state index contributed by atoms with van der Waals surface area (Å²) < 4.78 is 5.17. The number of hydrogen-bond donors (Lipinski definition) is 3. The number of nitrogens with one attached hydrogen (secondary N) is 2. The van der Waals surface area contributed by atoms with Crippen molar-refractivity contribution in [3.05, 3.63) is 46.9 Å². The molecule has 3 aromatic rings. The Labute approximate surface area is 153 Å². The molecule has 2 aromatic heterocycles. The van der Waals surface area contributed by atoms with Gasteiger partial charge in [0, 0.05) is 5.56 Å². The Kier molecular flexibility index (Phi) is 4.99. The number of phenolic OH excluding ortho intramolecular Hbond substituents is 1. The maximum Gasteiger partial charge on any atom is 0.267 e. The van der Waals surface area contributed by atoms with Crippen molar-refractivity contribution in [2.24, 2.45) is 0 Å². The number of methoxy groups -OCH3 is 1. The summed E-state index contributed by atoms with van der Waals surface area (Å²) in [4.78, 5) is 25.1. The molecule has 26 heavy (non-hydrogen) atoms. The maximum absolute atomic E-state index is 12.5. The van der Waals surface area contributed by atoms with Gasteiger partial charge >= 0.3 is 0 Å². The third-order valence-corrected chi connectivity index (χ3v) is 4.65. The number of ether oxygens (including phenoxy) is 1. The Morgan fingerprint density at radius 1 is 1.23 bits per heavy atom. The van der Waals surface area contributed by atoms with Gasteiger partial charge < -0.3 is 20.5 Å². The van der Waals surface area contributed by atoms with E-state index in [1.807, 2.05) is 6.92 Å². The fourth-order valence-electron chi connectivity index (χ4n) is 2.30. The lowest BCUT2D eigenvalue weighted by Gasteiger charge is -2.12. The number of benzene rings is 1. The SMILES string of the molecule is COc1cncnc1Nc1ncc(C(=O)Nc2c(C)ccc(O)c2C)s1. The minimum Gasteiger partial charge on any atom is -0.508 e. The molecular weight excluding hydrogens is 354 g/mol. The lowest BCUT2D eigenvalue weighted by atomic mass is 10.1. The average molecular weight is 371 g/mol. The van der Waals surface area contributed by atoms with Gasteiger partial charge in [-0.2, -0.15) is 0 Å². The molecule has 3 N–H and O–H groups in total. The molecule has 9 heteroatoms. The van der Waals surface area contributed by atoms with E-state index in [9.17, 15) is 9.90 Å². The molecule has 0 bridgehead atoms. The summed E-state index contributed by atoms with van der Waals surface area (Å²) in [5, 5.41) is 16.2. The van der Waals surface area contributed by atoms with Crippen LogP contribution in [0.1, 0.15) is 20.8 Å². The number of phenols is 1. The Morgan fingerprint density at radius 2 is 2.04 bits per heavy atom. The molecule has 0 saturated heterocycles. The van der Waals surface area contributed by atoms with Crippen LogP contribution in [0.15, 0.2) is 30.9 Å². The molecule has 3 rings (SSSR count). The summed E-state index contributed by atoms with van der Waals surface area (Å²) in [7, 11) is 1.52. The predicted molar refractivity (Wildman–Crippen MR) is 99.5 cm³/mol. The van der Waals surface area contributed by atoms with Crippen molar-refractivity contribution in [1.29, 1.82) is 0 Å². The monoisotopic (exact) mass is 371 g/mol. The van der Waals surface area contributed by atoms with E-state index in [1.165, 1.54) is 37.2 Å². The van der Waals surface area contributed by atoms with Crippen LogP contribution in [0, 0.1) is 13.8 Å². The number of aromatic nitrogens is 3. The second kappa shape index (κ2) is 7.36. The Bertz CT molecular complexity index is 957. The average Bonchev–Trinajstić information content (AvgIpc) is 3.11. The minimum atomic E-state index is -0.304. The highest BCUT2D eigenvalue weighted by Crippen LogP contribution is 2.30. The van der Waals surface area contributed by atoms with Gasteiger partial charge in [0.2, 0.25) is 0 Å². The van der Waals surface area contributed by atoms with Crippen LogP contribution in [0.25, 0.3) is 0 Å². The summed E-state index contributed by atoms with van der Waals surface area (Å²) in [5.74, 6) is 0.763. The number of nitrogens with zero attached hydrogens (tertiary/aromatic N) is 3. The zero-order valence-electron chi connectivity index (χ0n) is 14.4. The highest BCUT2D eigenvalue weighted by atomic mass is 32.1. The van der Waals surface area contributed by atoms with E-state index in [2.05, 4.69) is 25.6 Å². The van der Waals surface area contributed by atoms with E-state index < -0.39 is 0 Å². The smallest absolute Gasteiger partial charge is 0.267 e. The molecule has 1 amide bonds. The molecule has 0 spiro atoms. The van der Waals surface area contributed by atoms with Gasteiger partial charge in [-0.05, 0) is 25.5 Å². The van der Waals surface area contributed by atoms with Crippen molar-refractivity contribution < 1.29 is 14.6 Å². The van der Waals surface area contributed by atoms with Crippen molar-refractivity contribution in [3.63, 3.8) is 0 Å². The number of amides is 1. The van der Waals surface area contributed by atoms with Gasteiger partial charge in [-0.15, -0.1) is 0 Å². The van der Waals surface area contributed by atoms with Crippen LogP contribution in [0.3, 0.4) is 0 Å². The lowest BCUT2D eigenvalue weighted by Crippen LogP contribution is -2.12. The summed E-state index contributed by atoms with van der Waals surface area (Å²) in [6.45, 7) is 3.61. The molecule has 2 heterocycles. The molecule has 0 aliphatic rings. The van der Waals surface area contributed by atoms with Crippen molar-refractivity contribution in [3.8, 4) is 11.5 Å². The number of rotatable bonds is 5. The number of aromatic hydroxyl groups is 1. The fourth-order valence-corrected chi connectivity index (χ4v) is 3.01. The Morgan fingerprint density at radius 3 is 2.81 bits per heavy atom. The first-order valence-electron chi connectivity index (χ1n) is 7.67. The topological polar surface area (TPSA) is 109 Å². The fraction of sp³-hybridized carbons (Fsp3) is 0.176. The molecule has 0 aliphatic heterocycles. The van der Waals surface area contributed by atoms with Gasteiger partial charge in [-0.1, -0.05) is 17.4 Å². The first-order valence-corrected chi connectivity index (χ1v) is 8.48. The van der Waals surface area contributed by atoms with E-state index in [1.54, 1.807) is 19.1 Å². The van der Waals surface area contributed by atoms with Gasteiger partial charge in [-0.3, -0.25) is 4.79 Å². The summed E-state index contributed by atoms with van der Waals surface area (Å²) in [6.07, 6.45) is 4.40. The number of anilines is 3. The molecule has 0 atom stereocenters. The molecule has 8 nitrogen and oxygen atoms in total. The third kappa shape index (κ3) is 3.57. The van der Waals surface area contributed by atoms with Gasteiger partial charge in [0.15, 0.2) is 16.7 Å². The zero-order chi connectivity index (χ0) is 18.7. The summed E-state index contributed by atoms with van der Waals surface area (Å²) in [6, 6.07) is 3.35. The van der Waals surface area contributed by atoms with Crippen LogP contribution >= 0.6 is 11.3 Å².